The van der Waals surface area contributed by atoms with Gasteiger partial charge in [-0.2, -0.15) is 0 Å². The zero-order chi connectivity index (χ0) is 20.1. The van der Waals surface area contributed by atoms with Gasteiger partial charge in [-0.25, -0.2) is 8.78 Å². The van der Waals surface area contributed by atoms with E-state index in [1.165, 1.54) is 18.2 Å². The molecule has 0 unspecified atom stereocenters. The van der Waals surface area contributed by atoms with E-state index < -0.39 is 0 Å². The number of nitrogens with zero attached hydrogens (tertiary/aromatic N) is 2. The van der Waals surface area contributed by atoms with Gasteiger partial charge in [-0.1, -0.05) is 12.1 Å². The first-order valence-electron chi connectivity index (χ1n) is 9.00. The molecule has 0 spiro atoms. The van der Waals surface area contributed by atoms with Crippen LogP contribution in [0.4, 0.5) is 20.2 Å². The molecule has 2 aromatic rings. The van der Waals surface area contributed by atoms with Gasteiger partial charge in [-0.3, -0.25) is 9.69 Å². The molecule has 148 valence electrons. The second kappa shape index (κ2) is 9.07. The van der Waals surface area contributed by atoms with Crippen LogP contribution in [0.1, 0.15) is 5.56 Å². The van der Waals surface area contributed by atoms with E-state index in [9.17, 15) is 13.6 Å². The van der Waals surface area contributed by atoms with Gasteiger partial charge in [0.15, 0.2) is 5.11 Å². The highest BCUT2D eigenvalue weighted by molar-refractivity contribution is 7.80. The monoisotopic (exact) mass is 404 g/mol. The second-order valence-corrected chi connectivity index (χ2v) is 7.10. The number of thiocarbonyl (C=S) groups is 1. The third kappa shape index (κ3) is 5.46. The Morgan fingerprint density at radius 2 is 1.75 bits per heavy atom. The van der Waals surface area contributed by atoms with Crippen molar-refractivity contribution in [2.75, 3.05) is 43.4 Å². The first-order chi connectivity index (χ1) is 13.4. The summed E-state index contributed by atoms with van der Waals surface area (Å²) in [4.78, 5) is 16.2. The molecular formula is C20H22F2N4OS. The summed E-state index contributed by atoms with van der Waals surface area (Å²) in [5.41, 5.74) is 1.64. The van der Waals surface area contributed by atoms with Gasteiger partial charge in [0, 0.05) is 37.6 Å². The molecule has 5 nitrogen and oxygen atoms in total. The molecule has 0 saturated carbocycles. The van der Waals surface area contributed by atoms with E-state index in [4.69, 9.17) is 12.2 Å². The Bertz CT molecular complexity index is 869. The molecule has 8 heteroatoms. The van der Waals surface area contributed by atoms with E-state index in [0.29, 0.717) is 48.2 Å². The van der Waals surface area contributed by atoms with Crippen LogP contribution in [-0.2, 0) is 4.79 Å². The molecule has 0 bridgehead atoms. The van der Waals surface area contributed by atoms with Crippen LogP contribution in [0.15, 0.2) is 42.5 Å². The molecule has 3 rings (SSSR count). The van der Waals surface area contributed by atoms with Gasteiger partial charge in [0.2, 0.25) is 5.91 Å². The molecule has 1 saturated heterocycles. The van der Waals surface area contributed by atoms with E-state index in [0.717, 1.165) is 0 Å². The number of hydrogen-bond acceptors (Lipinski definition) is 3. The van der Waals surface area contributed by atoms with Crippen molar-refractivity contribution in [3.63, 3.8) is 0 Å². The Morgan fingerprint density at radius 3 is 2.43 bits per heavy atom. The third-order valence-electron chi connectivity index (χ3n) is 4.56. The molecular weight excluding hydrogens is 382 g/mol. The van der Waals surface area contributed by atoms with E-state index in [1.54, 1.807) is 31.2 Å². The van der Waals surface area contributed by atoms with E-state index in [1.807, 2.05) is 9.80 Å². The van der Waals surface area contributed by atoms with Gasteiger partial charge in [0.05, 0.1) is 6.54 Å². The summed E-state index contributed by atoms with van der Waals surface area (Å²) in [7, 11) is 0. The highest BCUT2D eigenvalue weighted by Crippen LogP contribution is 2.15. The minimum atomic E-state index is -0.388. The molecule has 28 heavy (non-hydrogen) atoms. The Kier molecular flexibility index (Phi) is 6.53. The molecule has 1 fully saturated rings. The molecule has 0 atom stereocenters. The Labute approximate surface area is 168 Å². The number of piperazine rings is 1. The standard InChI is InChI=1S/C20H22F2N4OS/c1-14-5-6-17(12-18(14)22)24-20(28)26-9-7-25(8-10-26)13-19(27)23-16-4-2-3-15(21)11-16/h2-6,11-12H,7-10,13H2,1H3,(H,23,27)(H,24,28). The molecule has 2 N–H and O–H groups in total. The quantitative estimate of drug-likeness (QED) is 0.767. The minimum absolute atomic E-state index is 0.185. The minimum Gasteiger partial charge on any atom is -0.346 e. The van der Waals surface area contributed by atoms with Crippen molar-refractivity contribution in [2.24, 2.45) is 0 Å². The molecule has 1 heterocycles. The molecule has 2 aromatic carbocycles. The van der Waals surface area contributed by atoms with Crippen molar-refractivity contribution in [1.82, 2.24) is 9.80 Å². The Hall–Kier alpha value is -2.58. The average molecular weight is 404 g/mol. The number of carbonyl (C=O) groups is 1. The van der Waals surface area contributed by atoms with Gasteiger partial charge < -0.3 is 15.5 Å². The van der Waals surface area contributed by atoms with Crippen LogP contribution >= 0.6 is 12.2 Å². The normalized spacial score (nSPS) is 14.6. The predicted octanol–water partition coefficient (Wildman–Crippen LogP) is 3.23. The topological polar surface area (TPSA) is 47.6 Å². The van der Waals surface area contributed by atoms with E-state index in [2.05, 4.69) is 10.6 Å². The average Bonchev–Trinajstić information content (AvgIpc) is 2.65. The summed E-state index contributed by atoms with van der Waals surface area (Å²) < 4.78 is 26.8. The number of aryl methyl sites for hydroxylation is 1. The van der Waals surface area contributed by atoms with E-state index >= 15 is 0 Å². The fourth-order valence-electron chi connectivity index (χ4n) is 2.95. The molecule has 0 radical (unpaired) electrons. The van der Waals surface area contributed by atoms with Crippen LogP contribution in [0.25, 0.3) is 0 Å². The lowest BCUT2D eigenvalue weighted by molar-refractivity contribution is -0.117. The summed E-state index contributed by atoms with van der Waals surface area (Å²) in [5, 5.41) is 6.29. The summed E-state index contributed by atoms with van der Waals surface area (Å²) in [6.45, 7) is 4.59. The van der Waals surface area contributed by atoms with Crippen molar-refractivity contribution < 1.29 is 13.6 Å². The van der Waals surface area contributed by atoms with Gasteiger partial charge in [0.1, 0.15) is 11.6 Å². The lowest BCUT2D eigenvalue weighted by Crippen LogP contribution is -2.51. The first-order valence-corrected chi connectivity index (χ1v) is 9.41. The predicted molar refractivity (Wildman–Crippen MR) is 110 cm³/mol. The Morgan fingerprint density at radius 1 is 1.04 bits per heavy atom. The highest BCUT2D eigenvalue weighted by Gasteiger charge is 2.21. The Balaban J connectivity index is 1.45. The molecule has 0 aromatic heterocycles. The van der Waals surface area contributed by atoms with Crippen LogP contribution in [0.3, 0.4) is 0 Å². The van der Waals surface area contributed by atoms with Crippen molar-refractivity contribution in [2.45, 2.75) is 6.92 Å². The first kappa shape index (κ1) is 20.2. The maximum absolute atomic E-state index is 13.7. The third-order valence-corrected chi connectivity index (χ3v) is 4.92. The molecule has 1 amide bonds. The molecule has 1 aliphatic heterocycles. The number of hydrogen-bond donors (Lipinski definition) is 2. The van der Waals surface area contributed by atoms with E-state index in [-0.39, 0.29) is 24.1 Å². The lowest BCUT2D eigenvalue weighted by Gasteiger charge is -2.35. The van der Waals surface area contributed by atoms with Gasteiger partial charge in [0.25, 0.3) is 0 Å². The van der Waals surface area contributed by atoms with Gasteiger partial charge in [-0.05, 0) is 55.0 Å². The summed E-state index contributed by atoms with van der Waals surface area (Å²) in [6.07, 6.45) is 0. The smallest absolute Gasteiger partial charge is 0.238 e. The summed E-state index contributed by atoms with van der Waals surface area (Å²) in [5.74, 6) is -0.849. The number of halogens is 2. The number of amides is 1. The number of anilines is 2. The van der Waals surface area contributed by atoms with Crippen LogP contribution in [0, 0.1) is 18.6 Å². The van der Waals surface area contributed by atoms with Crippen molar-refractivity contribution in [3.8, 4) is 0 Å². The van der Waals surface area contributed by atoms with Crippen molar-refractivity contribution in [1.29, 1.82) is 0 Å². The van der Waals surface area contributed by atoms with Crippen molar-refractivity contribution >= 4 is 34.6 Å². The highest BCUT2D eigenvalue weighted by atomic mass is 32.1. The summed E-state index contributed by atoms with van der Waals surface area (Å²) >= 11 is 5.42. The zero-order valence-corrected chi connectivity index (χ0v) is 16.4. The SMILES string of the molecule is Cc1ccc(NC(=S)N2CCN(CC(=O)Nc3cccc(F)c3)CC2)cc1F. The largest absolute Gasteiger partial charge is 0.346 e. The number of carbonyl (C=O) groups excluding carboxylic acids is 1. The fourth-order valence-corrected chi connectivity index (χ4v) is 3.25. The van der Waals surface area contributed by atoms with Crippen LogP contribution in [-0.4, -0.2) is 53.5 Å². The second-order valence-electron chi connectivity index (χ2n) is 6.72. The summed E-state index contributed by atoms with van der Waals surface area (Å²) in [6, 6.07) is 10.7. The maximum Gasteiger partial charge on any atom is 0.238 e. The zero-order valence-electron chi connectivity index (χ0n) is 15.5. The lowest BCUT2D eigenvalue weighted by atomic mass is 10.2. The van der Waals surface area contributed by atoms with Crippen LogP contribution in [0.2, 0.25) is 0 Å². The van der Waals surface area contributed by atoms with Crippen LogP contribution < -0.4 is 10.6 Å². The van der Waals surface area contributed by atoms with Gasteiger partial charge in [-0.15, -0.1) is 0 Å². The fraction of sp³-hybridized carbons (Fsp3) is 0.300. The molecule has 0 aliphatic carbocycles. The maximum atomic E-state index is 13.7. The number of benzene rings is 2. The van der Waals surface area contributed by atoms with Gasteiger partial charge >= 0.3 is 0 Å². The number of rotatable bonds is 4. The molecule has 1 aliphatic rings. The number of nitrogens with one attached hydrogen (secondary N) is 2. The van der Waals surface area contributed by atoms with Crippen molar-refractivity contribution in [3.05, 3.63) is 59.7 Å². The van der Waals surface area contributed by atoms with Crippen LogP contribution in [0.5, 0.6) is 0 Å².